The molecular weight excluding hydrogens is 188 g/mol. The van der Waals surface area contributed by atoms with Crippen molar-refractivity contribution in [2.45, 2.75) is 39.2 Å². The fraction of sp³-hybridized carbons (Fsp3) is 1.00. The first-order valence-corrected chi connectivity index (χ1v) is 6.40. The molecule has 90 valence electrons. The van der Waals surface area contributed by atoms with Crippen molar-refractivity contribution in [3.8, 4) is 0 Å². The van der Waals surface area contributed by atoms with E-state index in [0.29, 0.717) is 0 Å². The van der Waals surface area contributed by atoms with Crippen LogP contribution in [0.5, 0.6) is 0 Å². The van der Waals surface area contributed by atoms with E-state index < -0.39 is 0 Å². The summed E-state index contributed by atoms with van der Waals surface area (Å²) in [4.78, 5) is 2.54. The van der Waals surface area contributed by atoms with Crippen molar-refractivity contribution in [3.05, 3.63) is 0 Å². The van der Waals surface area contributed by atoms with Crippen molar-refractivity contribution in [1.82, 2.24) is 10.2 Å². The predicted octanol–water partition coefficient (Wildman–Crippen LogP) is 1.49. The molecule has 1 N–H and O–H groups in total. The largest absolute Gasteiger partial charge is 0.380 e. The lowest BCUT2D eigenvalue weighted by Gasteiger charge is -2.28. The molecule has 0 bridgehead atoms. The molecule has 0 aliphatic carbocycles. The van der Waals surface area contributed by atoms with Crippen LogP contribution in [-0.4, -0.2) is 50.3 Å². The number of rotatable bonds is 5. The third-order valence-electron chi connectivity index (χ3n) is 3.13. The molecule has 0 aromatic heterocycles. The van der Waals surface area contributed by atoms with Gasteiger partial charge in [-0.2, -0.15) is 0 Å². The molecule has 0 saturated carbocycles. The maximum Gasteiger partial charge on any atom is 0.0593 e. The van der Waals surface area contributed by atoms with Crippen molar-refractivity contribution in [2.24, 2.45) is 0 Å². The Labute approximate surface area is 94.2 Å². The van der Waals surface area contributed by atoms with Gasteiger partial charge in [-0.25, -0.2) is 0 Å². The van der Waals surface area contributed by atoms with Gasteiger partial charge in [0, 0.05) is 19.2 Å². The van der Waals surface area contributed by atoms with Crippen LogP contribution in [0.15, 0.2) is 0 Å². The Kier molecular flexibility index (Phi) is 6.98. The SMILES string of the molecule is CCOCCN1CCCNC(CC)CC1. The van der Waals surface area contributed by atoms with Gasteiger partial charge in [0.2, 0.25) is 0 Å². The van der Waals surface area contributed by atoms with E-state index in [1.54, 1.807) is 0 Å². The van der Waals surface area contributed by atoms with Gasteiger partial charge >= 0.3 is 0 Å². The van der Waals surface area contributed by atoms with E-state index in [1.807, 2.05) is 0 Å². The fourth-order valence-corrected chi connectivity index (χ4v) is 2.07. The van der Waals surface area contributed by atoms with E-state index in [9.17, 15) is 0 Å². The normalized spacial score (nSPS) is 24.8. The van der Waals surface area contributed by atoms with Gasteiger partial charge < -0.3 is 15.0 Å². The second-order valence-electron chi connectivity index (χ2n) is 4.24. The summed E-state index contributed by atoms with van der Waals surface area (Å²) in [7, 11) is 0. The lowest BCUT2D eigenvalue weighted by Crippen LogP contribution is -2.40. The van der Waals surface area contributed by atoms with E-state index in [1.165, 1.54) is 38.9 Å². The lowest BCUT2D eigenvalue weighted by atomic mass is 10.1. The molecule has 1 rings (SSSR count). The van der Waals surface area contributed by atoms with Crippen molar-refractivity contribution < 1.29 is 4.74 Å². The maximum absolute atomic E-state index is 5.40. The summed E-state index contributed by atoms with van der Waals surface area (Å²) in [5.74, 6) is 0. The van der Waals surface area contributed by atoms with E-state index in [4.69, 9.17) is 4.74 Å². The first kappa shape index (κ1) is 12.9. The van der Waals surface area contributed by atoms with Gasteiger partial charge in [-0.3, -0.25) is 0 Å². The number of ether oxygens (including phenoxy) is 1. The topological polar surface area (TPSA) is 24.5 Å². The van der Waals surface area contributed by atoms with Gasteiger partial charge in [0.1, 0.15) is 0 Å². The van der Waals surface area contributed by atoms with Crippen LogP contribution < -0.4 is 5.32 Å². The van der Waals surface area contributed by atoms with Gasteiger partial charge in [-0.15, -0.1) is 0 Å². The fourth-order valence-electron chi connectivity index (χ4n) is 2.07. The van der Waals surface area contributed by atoms with Crippen LogP contribution in [0, 0.1) is 0 Å². The first-order chi connectivity index (χ1) is 7.36. The highest BCUT2D eigenvalue weighted by atomic mass is 16.5. The Balaban J connectivity index is 2.19. The van der Waals surface area contributed by atoms with E-state index in [2.05, 4.69) is 24.1 Å². The summed E-state index contributed by atoms with van der Waals surface area (Å²) < 4.78 is 5.40. The van der Waals surface area contributed by atoms with E-state index in [0.717, 1.165) is 25.8 Å². The quantitative estimate of drug-likeness (QED) is 0.702. The minimum absolute atomic E-state index is 0.722. The smallest absolute Gasteiger partial charge is 0.0593 e. The highest BCUT2D eigenvalue weighted by Crippen LogP contribution is 2.04. The third-order valence-corrected chi connectivity index (χ3v) is 3.13. The molecule has 3 nitrogen and oxygen atoms in total. The zero-order valence-corrected chi connectivity index (χ0v) is 10.3. The third kappa shape index (κ3) is 5.50. The molecule has 1 aliphatic rings. The van der Waals surface area contributed by atoms with Gasteiger partial charge in [0.05, 0.1) is 6.61 Å². The number of hydrogen-bond acceptors (Lipinski definition) is 3. The van der Waals surface area contributed by atoms with E-state index >= 15 is 0 Å². The molecule has 3 heteroatoms. The first-order valence-electron chi connectivity index (χ1n) is 6.40. The summed E-state index contributed by atoms with van der Waals surface area (Å²) >= 11 is 0. The minimum atomic E-state index is 0.722. The van der Waals surface area contributed by atoms with Crippen LogP contribution in [-0.2, 0) is 4.74 Å². The maximum atomic E-state index is 5.40. The van der Waals surface area contributed by atoms with Gasteiger partial charge in [-0.05, 0) is 45.8 Å². The molecule has 0 spiro atoms. The Hall–Kier alpha value is -0.120. The summed E-state index contributed by atoms with van der Waals surface area (Å²) in [6.07, 6.45) is 3.80. The number of nitrogens with zero attached hydrogens (tertiary/aromatic N) is 1. The highest BCUT2D eigenvalue weighted by molar-refractivity contribution is 4.72. The van der Waals surface area contributed by atoms with Gasteiger partial charge in [0.15, 0.2) is 0 Å². The zero-order valence-electron chi connectivity index (χ0n) is 10.3. The van der Waals surface area contributed by atoms with Crippen LogP contribution >= 0.6 is 0 Å². The summed E-state index contributed by atoms with van der Waals surface area (Å²) in [5, 5.41) is 3.60. The minimum Gasteiger partial charge on any atom is -0.380 e. The van der Waals surface area contributed by atoms with Crippen LogP contribution in [0.1, 0.15) is 33.1 Å². The Morgan fingerprint density at radius 2 is 2.20 bits per heavy atom. The van der Waals surface area contributed by atoms with E-state index in [-0.39, 0.29) is 0 Å². The monoisotopic (exact) mass is 214 g/mol. The second-order valence-corrected chi connectivity index (χ2v) is 4.24. The molecule has 1 heterocycles. The molecular formula is C12H26N2O. The van der Waals surface area contributed by atoms with Crippen LogP contribution in [0.25, 0.3) is 0 Å². The van der Waals surface area contributed by atoms with Crippen molar-refractivity contribution in [1.29, 1.82) is 0 Å². The summed E-state index contributed by atoms with van der Waals surface area (Å²) in [6, 6.07) is 0.722. The molecule has 0 aromatic rings. The van der Waals surface area contributed by atoms with Gasteiger partial charge in [0.25, 0.3) is 0 Å². The summed E-state index contributed by atoms with van der Waals surface area (Å²) in [5.41, 5.74) is 0. The Bertz CT molecular complexity index is 153. The predicted molar refractivity (Wildman–Crippen MR) is 64.2 cm³/mol. The molecule has 0 amide bonds. The van der Waals surface area contributed by atoms with Crippen LogP contribution in [0.4, 0.5) is 0 Å². The van der Waals surface area contributed by atoms with Crippen molar-refractivity contribution >= 4 is 0 Å². The summed E-state index contributed by atoms with van der Waals surface area (Å²) in [6.45, 7) is 10.8. The standard InChI is InChI=1S/C12H26N2O/c1-3-12-6-9-14(8-5-7-13-12)10-11-15-4-2/h12-13H,3-11H2,1-2H3. The molecule has 15 heavy (non-hydrogen) atoms. The van der Waals surface area contributed by atoms with Crippen molar-refractivity contribution in [3.63, 3.8) is 0 Å². The number of hydrogen-bond donors (Lipinski definition) is 1. The lowest BCUT2D eigenvalue weighted by molar-refractivity contribution is 0.108. The molecule has 1 fully saturated rings. The molecule has 1 saturated heterocycles. The average molecular weight is 214 g/mol. The molecule has 1 aliphatic heterocycles. The molecule has 1 unspecified atom stereocenters. The second kappa shape index (κ2) is 8.08. The Morgan fingerprint density at radius 3 is 2.93 bits per heavy atom. The average Bonchev–Trinajstić information content (AvgIpc) is 2.22. The molecule has 1 atom stereocenters. The van der Waals surface area contributed by atoms with Crippen LogP contribution in [0.3, 0.4) is 0 Å². The van der Waals surface area contributed by atoms with Crippen LogP contribution in [0.2, 0.25) is 0 Å². The zero-order chi connectivity index (χ0) is 10.9. The Morgan fingerprint density at radius 1 is 1.33 bits per heavy atom. The molecule has 0 aromatic carbocycles. The highest BCUT2D eigenvalue weighted by Gasteiger charge is 2.12. The number of nitrogens with one attached hydrogen (secondary N) is 1. The van der Waals surface area contributed by atoms with Gasteiger partial charge in [-0.1, -0.05) is 6.92 Å². The van der Waals surface area contributed by atoms with Crippen molar-refractivity contribution in [2.75, 3.05) is 39.4 Å². The molecule has 0 radical (unpaired) electrons.